The summed E-state index contributed by atoms with van der Waals surface area (Å²) >= 11 is 0. The van der Waals surface area contributed by atoms with Crippen molar-refractivity contribution in [3.05, 3.63) is 17.7 Å². The molecule has 1 aliphatic rings. The van der Waals surface area contributed by atoms with E-state index in [1.165, 1.54) is 6.33 Å². The van der Waals surface area contributed by atoms with Gasteiger partial charge in [-0.25, -0.2) is 9.97 Å². The van der Waals surface area contributed by atoms with Crippen LogP contribution in [0, 0.1) is 6.92 Å². The minimum atomic E-state index is -0.126. The summed E-state index contributed by atoms with van der Waals surface area (Å²) in [6, 6.07) is 0. The number of amides is 1. The smallest absolute Gasteiger partial charge is 0.255 e. The van der Waals surface area contributed by atoms with E-state index in [1.807, 2.05) is 0 Å². The Hall–Kier alpha value is -2.15. The zero-order chi connectivity index (χ0) is 16.2. The van der Waals surface area contributed by atoms with Crippen molar-refractivity contribution in [3.63, 3.8) is 0 Å². The molecule has 0 bridgehead atoms. The Morgan fingerprint density at radius 3 is 2.87 bits per heavy atom. The zero-order valence-electron chi connectivity index (χ0n) is 13.6. The van der Waals surface area contributed by atoms with Gasteiger partial charge in [0.2, 0.25) is 5.71 Å². The fraction of sp³-hybridized carbons (Fsp3) is 0.562. The Bertz CT molecular complexity index is 692. The fourth-order valence-corrected chi connectivity index (χ4v) is 2.78. The summed E-state index contributed by atoms with van der Waals surface area (Å²) in [5.41, 5.74) is 0.998. The number of carbonyl (C=O) groups is 1. The van der Waals surface area contributed by atoms with Crippen LogP contribution in [-0.2, 0) is 4.74 Å². The summed E-state index contributed by atoms with van der Waals surface area (Å²) in [5.74, 6) is 1.19. The van der Waals surface area contributed by atoms with E-state index < -0.39 is 0 Å². The van der Waals surface area contributed by atoms with Gasteiger partial charge in [-0.05, 0) is 13.3 Å². The van der Waals surface area contributed by atoms with Gasteiger partial charge >= 0.3 is 0 Å². The van der Waals surface area contributed by atoms with Crippen molar-refractivity contribution < 1.29 is 13.9 Å². The van der Waals surface area contributed by atoms with E-state index in [0.717, 1.165) is 31.7 Å². The molecule has 23 heavy (non-hydrogen) atoms. The minimum absolute atomic E-state index is 0.126. The van der Waals surface area contributed by atoms with E-state index >= 15 is 0 Å². The number of morpholine rings is 1. The lowest BCUT2D eigenvalue weighted by molar-refractivity contribution is 0.0953. The number of rotatable bonds is 5. The monoisotopic (exact) mass is 318 g/mol. The molecule has 3 rings (SSSR count). The summed E-state index contributed by atoms with van der Waals surface area (Å²) in [7, 11) is 0. The van der Waals surface area contributed by atoms with Crippen LogP contribution in [0.2, 0.25) is 0 Å². The average Bonchev–Trinajstić information content (AvgIpc) is 2.91. The maximum Gasteiger partial charge on any atom is 0.255 e. The van der Waals surface area contributed by atoms with Crippen LogP contribution in [-0.4, -0.2) is 48.7 Å². The minimum Gasteiger partial charge on any atom is -0.442 e. The number of nitrogens with zero attached hydrogens (tertiary/aromatic N) is 3. The number of carbonyl (C=O) groups excluding carboxylic acids is 1. The Balaban J connectivity index is 1.99. The topological polar surface area (TPSA) is 80.5 Å². The average molecular weight is 318 g/mol. The summed E-state index contributed by atoms with van der Waals surface area (Å²) in [6.45, 7) is 7.33. The van der Waals surface area contributed by atoms with Crippen LogP contribution >= 0.6 is 0 Å². The van der Waals surface area contributed by atoms with E-state index in [2.05, 4.69) is 27.1 Å². The van der Waals surface area contributed by atoms with Crippen LogP contribution in [0.5, 0.6) is 0 Å². The van der Waals surface area contributed by atoms with Gasteiger partial charge < -0.3 is 19.4 Å². The number of ether oxygens (including phenoxy) is 1. The lowest BCUT2D eigenvalue weighted by Gasteiger charge is -2.28. The first-order valence-corrected chi connectivity index (χ1v) is 8.07. The van der Waals surface area contributed by atoms with Crippen LogP contribution in [0.15, 0.2) is 10.7 Å². The van der Waals surface area contributed by atoms with Crippen molar-refractivity contribution in [1.82, 2.24) is 15.3 Å². The summed E-state index contributed by atoms with van der Waals surface area (Å²) < 4.78 is 11.1. The lowest BCUT2D eigenvalue weighted by Crippen LogP contribution is -2.37. The van der Waals surface area contributed by atoms with Crippen molar-refractivity contribution in [3.8, 4) is 0 Å². The molecule has 0 unspecified atom stereocenters. The van der Waals surface area contributed by atoms with Crippen LogP contribution in [0.3, 0.4) is 0 Å². The molecule has 0 saturated carbocycles. The number of aromatic nitrogens is 2. The normalized spacial score (nSPS) is 15.1. The molecule has 0 aromatic carbocycles. The van der Waals surface area contributed by atoms with E-state index in [4.69, 9.17) is 9.15 Å². The van der Waals surface area contributed by atoms with Crippen molar-refractivity contribution in [1.29, 1.82) is 0 Å². The van der Waals surface area contributed by atoms with Gasteiger partial charge in [0.1, 0.15) is 17.9 Å². The van der Waals surface area contributed by atoms with Gasteiger partial charge in [0, 0.05) is 19.6 Å². The first kappa shape index (κ1) is 15.7. The predicted molar refractivity (Wildman–Crippen MR) is 86.8 cm³/mol. The zero-order valence-corrected chi connectivity index (χ0v) is 13.6. The maximum absolute atomic E-state index is 12.6. The second kappa shape index (κ2) is 6.95. The number of anilines is 1. The maximum atomic E-state index is 12.6. The highest BCUT2D eigenvalue weighted by atomic mass is 16.5. The van der Waals surface area contributed by atoms with E-state index in [-0.39, 0.29) is 5.91 Å². The second-order valence-corrected chi connectivity index (χ2v) is 5.62. The van der Waals surface area contributed by atoms with Crippen LogP contribution in [0.4, 0.5) is 5.82 Å². The molecule has 0 aliphatic carbocycles. The molecule has 0 spiro atoms. The summed E-state index contributed by atoms with van der Waals surface area (Å²) in [4.78, 5) is 23.3. The molecule has 7 heteroatoms. The lowest BCUT2D eigenvalue weighted by atomic mass is 10.1. The van der Waals surface area contributed by atoms with Gasteiger partial charge in [-0.3, -0.25) is 4.79 Å². The molecule has 1 amide bonds. The van der Waals surface area contributed by atoms with Gasteiger partial charge in [-0.2, -0.15) is 0 Å². The molecule has 2 aromatic heterocycles. The van der Waals surface area contributed by atoms with E-state index in [9.17, 15) is 4.79 Å². The highest BCUT2D eigenvalue weighted by molar-refractivity contribution is 6.10. The Kier molecular flexibility index (Phi) is 4.76. The standard InChI is InChI=1S/C16H22N4O3/c1-3-4-5-17-15(21)12-11(2)23-16-13(12)14(18-10-19-16)20-6-8-22-9-7-20/h10H,3-9H2,1-2H3,(H,17,21). The van der Waals surface area contributed by atoms with Gasteiger partial charge in [0.25, 0.3) is 5.91 Å². The fourth-order valence-electron chi connectivity index (χ4n) is 2.78. The summed E-state index contributed by atoms with van der Waals surface area (Å²) in [5, 5.41) is 3.65. The van der Waals surface area contributed by atoms with Gasteiger partial charge in [-0.1, -0.05) is 13.3 Å². The molecule has 1 aliphatic heterocycles. The van der Waals surface area contributed by atoms with Crippen molar-refractivity contribution >= 4 is 22.8 Å². The number of furan rings is 1. The molecule has 3 heterocycles. The van der Waals surface area contributed by atoms with Gasteiger partial charge in [-0.15, -0.1) is 0 Å². The number of unbranched alkanes of at least 4 members (excludes halogenated alkanes) is 1. The largest absolute Gasteiger partial charge is 0.442 e. The number of aryl methyl sites for hydroxylation is 1. The first-order chi connectivity index (χ1) is 11.2. The quantitative estimate of drug-likeness (QED) is 0.848. The molecule has 7 nitrogen and oxygen atoms in total. The van der Waals surface area contributed by atoms with Crippen molar-refractivity contribution in [2.45, 2.75) is 26.7 Å². The third kappa shape index (κ3) is 3.14. The summed E-state index contributed by atoms with van der Waals surface area (Å²) in [6.07, 6.45) is 3.47. The third-order valence-electron chi connectivity index (χ3n) is 4.00. The van der Waals surface area contributed by atoms with Crippen LogP contribution in [0.1, 0.15) is 35.9 Å². The highest BCUT2D eigenvalue weighted by Gasteiger charge is 2.25. The van der Waals surface area contributed by atoms with Crippen LogP contribution in [0.25, 0.3) is 11.1 Å². The number of fused-ring (bicyclic) bond motifs is 1. The second-order valence-electron chi connectivity index (χ2n) is 5.62. The Morgan fingerprint density at radius 1 is 1.35 bits per heavy atom. The molecule has 124 valence electrons. The van der Waals surface area contributed by atoms with Gasteiger partial charge in [0.15, 0.2) is 0 Å². The number of nitrogens with one attached hydrogen (secondary N) is 1. The highest BCUT2D eigenvalue weighted by Crippen LogP contribution is 2.31. The van der Waals surface area contributed by atoms with E-state index in [1.54, 1.807) is 6.92 Å². The molecule has 0 atom stereocenters. The molecular formula is C16H22N4O3. The SMILES string of the molecule is CCCCNC(=O)c1c(C)oc2ncnc(N3CCOCC3)c12. The molecule has 1 fully saturated rings. The predicted octanol–water partition coefficient (Wildman–Crippen LogP) is 1.90. The molecule has 2 aromatic rings. The van der Waals surface area contributed by atoms with Crippen LogP contribution < -0.4 is 10.2 Å². The molecular weight excluding hydrogens is 296 g/mol. The van der Waals surface area contributed by atoms with Gasteiger partial charge in [0.05, 0.1) is 24.2 Å². The Morgan fingerprint density at radius 2 is 2.13 bits per heavy atom. The number of hydrogen-bond donors (Lipinski definition) is 1. The molecule has 1 saturated heterocycles. The number of hydrogen-bond acceptors (Lipinski definition) is 6. The Labute approximate surface area is 135 Å². The third-order valence-corrected chi connectivity index (χ3v) is 4.00. The molecule has 0 radical (unpaired) electrons. The first-order valence-electron chi connectivity index (χ1n) is 8.07. The van der Waals surface area contributed by atoms with Crippen molar-refractivity contribution in [2.75, 3.05) is 37.7 Å². The molecule has 1 N–H and O–H groups in total. The van der Waals surface area contributed by atoms with Crippen molar-refractivity contribution in [2.24, 2.45) is 0 Å². The van der Waals surface area contributed by atoms with E-state index in [0.29, 0.717) is 42.2 Å².